The van der Waals surface area contributed by atoms with E-state index in [1.165, 1.54) is 19.2 Å². The van der Waals surface area contributed by atoms with Crippen LogP contribution in [0.15, 0.2) is 36.5 Å². The van der Waals surface area contributed by atoms with E-state index in [1.807, 2.05) is 0 Å². The van der Waals surface area contributed by atoms with Crippen LogP contribution in [0.25, 0.3) is 0 Å². The van der Waals surface area contributed by atoms with Crippen molar-refractivity contribution in [2.75, 3.05) is 11.0 Å². The summed E-state index contributed by atoms with van der Waals surface area (Å²) in [5.74, 6) is -0.272. The number of nitrogens with one attached hydrogen (secondary N) is 1. The van der Waals surface area contributed by atoms with Gasteiger partial charge in [-0.1, -0.05) is 12.1 Å². The van der Waals surface area contributed by atoms with Crippen molar-refractivity contribution >= 4 is 20.4 Å². The predicted octanol–water partition coefficient (Wildman–Crippen LogP) is 4.00. The molecule has 0 amide bonds. The monoisotopic (exact) mass is 397 g/mol. The highest BCUT2D eigenvalue weighted by atomic mass is 32.2. The second kappa shape index (κ2) is 6.78. The highest BCUT2D eigenvalue weighted by molar-refractivity contribution is 8.03. The molecule has 4 nitrogen and oxygen atoms in total. The molecule has 11 heteroatoms. The van der Waals surface area contributed by atoms with Gasteiger partial charge in [0.2, 0.25) is 0 Å². The Kier molecular flexibility index (Phi) is 5.22. The van der Waals surface area contributed by atoms with E-state index in [1.54, 1.807) is 0 Å². The molecule has 0 aromatic carbocycles. The average Bonchev–Trinajstić information content (AvgIpc) is 2.52. The Morgan fingerprint density at radius 2 is 1.62 bits per heavy atom. The van der Waals surface area contributed by atoms with Gasteiger partial charge < -0.3 is 0 Å². The minimum Gasteiger partial charge on any atom is -0.297 e. The quantitative estimate of drug-likeness (QED) is 0.484. The molecule has 0 saturated carbocycles. The number of pyridine rings is 2. The van der Waals surface area contributed by atoms with E-state index in [0.717, 1.165) is 30.5 Å². The number of nitrogens with zero attached hydrogens (tertiary/aromatic N) is 2. The molecular weight excluding hydrogens is 384 g/mol. The normalized spacial score (nSPS) is 14.6. The van der Waals surface area contributed by atoms with Gasteiger partial charge in [-0.2, -0.15) is 26.3 Å². The Hall–Kier alpha value is -2.30. The molecular formula is C15H13F6N3OS. The van der Waals surface area contributed by atoms with Crippen molar-refractivity contribution in [3.05, 3.63) is 53.5 Å². The Labute approximate surface area is 145 Å². The van der Waals surface area contributed by atoms with Crippen LogP contribution in [0.5, 0.6) is 0 Å². The van der Waals surface area contributed by atoms with Crippen molar-refractivity contribution in [3.8, 4) is 0 Å². The van der Waals surface area contributed by atoms with Crippen molar-refractivity contribution in [2.24, 2.45) is 0 Å². The summed E-state index contributed by atoms with van der Waals surface area (Å²) >= 11 is 0. The highest BCUT2D eigenvalue weighted by Crippen LogP contribution is 2.29. The van der Waals surface area contributed by atoms with Crippen LogP contribution in [0.4, 0.5) is 32.2 Å². The first-order valence-electron chi connectivity index (χ1n) is 6.99. The van der Waals surface area contributed by atoms with Gasteiger partial charge in [-0.25, -0.2) is 9.19 Å². The number of anilines is 1. The second-order valence-corrected chi connectivity index (χ2v) is 7.84. The van der Waals surface area contributed by atoms with Gasteiger partial charge in [-0.3, -0.25) is 9.71 Å². The molecule has 0 fully saturated rings. The zero-order chi connectivity index (χ0) is 19.8. The summed E-state index contributed by atoms with van der Waals surface area (Å²) in [7, 11) is -3.11. The van der Waals surface area contributed by atoms with Crippen molar-refractivity contribution in [1.82, 2.24) is 9.97 Å². The minimum absolute atomic E-state index is 0.123. The molecule has 2 aromatic rings. The SMILES string of the molecule is CC(c1ccc(C(F)(F)F)nc1)=S(C)(=O)Nc1cccc(C(F)(F)F)n1. The fourth-order valence-corrected chi connectivity index (χ4v) is 3.16. The molecule has 0 aliphatic rings. The van der Waals surface area contributed by atoms with Crippen LogP contribution in [-0.4, -0.2) is 25.3 Å². The molecule has 0 spiro atoms. The fraction of sp³-hybridized carbons (Fsp3) is 0.267. The first kappa shape index (κ1) is 20.0. The lowest BCUT2D eigenvalue weighted by atomic mass is 10.2. The van der Waals surface area contributed by atoms with E-state index in [4.69, 9.17) is 0 Å². The molecule has 1 atom stereocenters. The largest absolute Gasteiger partial charge is 0.433 e. The summed E-state index contributed by atoms with van der Waals surface area (Å²) < 4.78 is 90.9. The summed E-state index contributed by atoms with van der Waals surface area (Å²) in [4.78, 5) is 6.76. The number of hydrogen-bond donors (Lipinski definition) is 1. The third-order valence-electron chi connectivity index (χ3n) is 3.38. The van der Waals surface area contributed by atoms with Crippen LogP contribution in [0.1, 0.15) is 23.9 Å². The molecule has 0 aliphatic carbocycles. The fourth-order valence-electron chi connectivity index (χ4n) is 1.92. The lowest BCUT2D eigenvalue weighted by Gasteiger charge is -2.15. The number of hydrogen-bond acceptors (Lipinski definition) is 3. The molecule has 2 rings (SSSR count). The van der Waals surface area contributed by atoms with Gasteiger partial charge in [-0.15, -0.1) is 0 Å². The lowest BCUT2D eigenvalue weighted by molar-refractivity contribution is -0.141. The summed E-state index contributed by atoms with van der Waals surface area (Å²) in [6, 6.07) is 4.89. The third-order valence-corrected chi connectivity index (χ3v) is 5.39. The standard InChI is InChI=1S/C15H13F6N3OS/c1-9(10-6-7-11(22-8-10)14(16,17)18)26(2,25)24-13-5-3-4-12(23-13)15(19,20)21/h3-8H,1-2H3,(H,23,24,25). The maximum atomic E-state index is 12.8. The number of aromatic nitrogens is 2. The second-order valence-electron chi connectivity index (χ2n) is 5.34. The van der Waals surface area contributed by atoms with E-state index in [-0.39, 0.29) is 16.2 Å². The van der Waals surface area contributed by atoms with Gasteiger partial charge in [0.05, 0.1) is 9.71 Å². The highest BCUT2D eigenvalue weighted by Gasteiger charge is 2.33. The number of rotatable bonds is 3. The first-order chi connectivity index (χ1) is 11.8. The zero-order valence-corrected chi connectivity index (χ0v) is 14.3. The predicted molar refractivity (Wildman–Crippen MR) is 86.0 cm³/mol. The van der Waals surface area contributed by atoms with E-state index >= 15 is 0 Å². The Balaban J connectivity index is 2.37. The van der Waals surface area contributed by atoms with Crippen molar-refractivity contribution < 1.29 is 30.6 Å². The summed E-state index contributed by atoms with van der Waals surface area (Å²) in [5.41, 5.74) is -2.11. The van der Waals surface area contributed by atoms with Crippen LogP contribution in [0.2, 0.25) is 0 Å². The molecule has 0 bridgehead atoms. The molecule has 2 heterocycles. The van der Waals surface area contributed by atoms with Gasteiger partial charge in [0.15, 0.2) is 0 Å². The summed E-state index contributed by atoms with van der Waals surface area (Å²) in [6.07, 6.45) is -7.16. The third kappa shape index (κ3) is 4.65. The van der Waals surface area contributed by atoms with Gasteiger partial charge in [0.25, 0.3) is 0 Å². The van der Waals surface area contributed by atoms with Crippen molar-refractivity contribution in [3.63, 3.8) is 0 Å². The maximum absolute atomic E-state index is 12.8. The molecule has 0 radical (unpaired) electrons. The van der Waals surface area contributed by atoms with Crippen molar-refractivity contribution in [1.29, 1.82) is 0 Å². The van der Waals surface area contributed by atoms with Gasteiger partial charge >= 0.3 is 12.4 Å². The van der Waals surface area contributed by atoms with Crippen LogP contribution in [0, 0.1) is 0 Å². The van der Waals surface area contributed by atoms with Gasteiger partial charge in [0, 0.05) is 22.9 Å². The molecule has 1 N–H and O–H groups in total. The van der Waals surface area contributed by atoms with E-state index < -0.39 is 33.4 Å². The summed E-state index contributed by atoms with van der Waals surface area (Å²) in [6.45, 7) is 1.38. The molecule has 0 saturated heterocycles. The van der Waals surface area contributed by atoms with Gasteiger partial charge in [-0.05, 0) is 25.1 Å². The Morgan fingerprint density at radius 3 is 2.12 bits per heavy atom. The topological polar surface area (TPSA) is 54.9 Å². The summed E-state index contributed by atoms with van der Waals surface area (Å²) in [5, 5.41) is 0. The van der Waals surface area contributed by atoms with Gasteiger partial charge in [0.1, 0.15) is 17.2 Å². The van der Waals surface area contributed by atoms with Crippen molar-refractivity contribution in [2.45, 2.75) is 19.3 Å². The molecule has 2 aromatic heterocycles. The molecule has 0 aliphatic heterocycles. The Bertz CT molecular complexity index is 912. The van der Waals surface area contributed by atoms with Crippen LogP contribution in [-0.2, 0) is 22.1 Å². The van der Waals surface area contributed by atoms with E-state index in [9.17, 15) is 30.6 Å². The first-order valence-corrected chi connectivity index (χ1v) is 8.96. The number of alkyl halides is 6. The maximum Gasteiger partial charge on any atom is 0.433 e. The molecule has 142 valence electrons. The van der Waals surface area contributed by atoms with Crippen LogP contribution in [0.3, 0.4) is 0 Å². The van der Waals surface area contributed by atoms with E-state index in [2.05, 4.69) is 14.7 Å². The van der Waals surface area contributed by atoms with Crippen LogP contribution < -0.4 is 4.72 Å². The Morgan fingerprint density at radius 1 is 1.00 bits per heavy atom. The zero-order valence-electron chi connectivity index (χ0n) is 13.4. The van der Waals surface area contributed by atoms with E-state index in [0.29, 0.717) is 0 Å². The average molecular weight is 397 g/mol. The minimum atomic E-state index is -4.66. The molecule has 26 heavy (non-hydrogen) atoms. The smallest absolute Gasteiger partial charge is 0.297 e. The lowest BCUT2D eigenvalue weighted by Crippen LogP contribution is -2.21. The number of halogens is 6. The van der Waals surface area contributed by atoms with Crippen LogP contribution >= 0.6 is 0 Å². The molecule has 1 unspecified atom stereocenters.